The molecule has 0 spiro atoms. The Bertz CT molecular complexity index is 330. The Hall–Kier alpha value is -2.06. The second-order valence-corrected chi connectivity index (χ2v) is 3.70. The Labute approximate surface area is 104 Å². The van der Waals surface area contributed by atoms with Crippen LogP contribution < -0.4 is 0 Å². The third-order valence-corrected chi connectivity index (χ3v) is 1.71. The van der Waals surface area contributed by atoms with Gasteiger partial charge >= 0.3 is 11.9 Å². The number of carboxylic acids is 1. The van der Waals surface area contributed by atoms with Crippen LogP contribution in [0.25, 0.3) is 0 Å². The lowest BCUT2D eigenvalue weighted by Crippen LogP contribution is -2.40. The zero-order valence-electron chi connectivity index (χ0n) is 10.7. The molecule has 0 aliphatic carbocycles. The smallest absolute Gasteiger partial charge is 0.329 e. The first-order chi connectivity index (χ1) is 8.23. The van der Waals surface area contributed by atoms with Crippen LogP contribution in [-0.4, -0.2) is 45.9 Å². The third kappa shape index (κ3) is 6.51. The number of hydrogen-bond acceptors (Lipinski definition) is 6. The molecule has 0 aromatic heterocycles. The highest BCUT2D eigenvalue weighted by Crippen LogP contribution is 2.01. The van der Waals surface area contributed by atoms with Gasteiger partial charge in [-0.05, 0) is 13.8 Å². The van der Waals surface area contributed by atoms with E-state index in [-0.39, 0.29) is 11.0 Å². The molecular weight excluding hydrogens is 246 g/mol. The van der Waals surface area contributed by atoms with Gasteiger partial charge in [0.25, 0.3) is 6.29 Å². The van der Waals surface area contributed by atoms with E-state index in [0.717, 1.165) is 5.01 Å². The van der Waals surface area contributed by atoms with Gasteiger partial charge in [0, 0.05) is 13.8 Å². The Kier molecular flexibility index (Phi) is 6.47. The standard InChI is InChI=1S/C9H17N3O6/c1-6(2)11(5-9(14)15)12(16)10-18-8(4)17-7(3)13/h6,8H,5H2,1-4H3,(H,14,15). The highest BCUT2D eigenvalue weighted by atomic mass is 16.8. The van der Waals surface area contributed by atoms with Crippen molar-refractivity contribution >= 4 is 11.9 Å². The van der Waals surface area contributed by atoms with E-state index in [4.69, 9.17) is 5.11 Å². The first kappa shape index (κ1) is 15.9. The third-order valence-electron chi connectivity index (χ3n) is 1.71. The predicted molar refractivity (Wildman–Crippen MR) is 57.8 cm³/mol. The second-order valence-electron chi connectivity index (χ2n) is 3.70. The Morgan fingerprint density at radius 3 is 2.39 bits per heavy atom. The molecule has 0 fully saturated rings. The van der Waals surface area contributed by atoms with E-state index in [1.54, 1.807) is 13.8 Å². The zero-order chi connectivity index (χ0) is 14.3. The van der Waals surface area contributed by atoms with Crippen molar-refractivity contribution in [2.45, 2.75) is 40.0 Å². The molecule has 104 valence electrons. The molecule has 1 N–H and O–H groups in total. The topological polar surface area (TPSA) is 114 Å². The molecule has 1 unspecified atom stereocenters. The van der Waals surface area contributed by atoms with E-state index in [1.165, 1.54) is 13.8 Å². The SMILES string of the molecule is CC(=O)OC(C)ON=[N+]([O-])N(CC(=O)O)C(C)C. The van der Waals surface area contributed by atoms with Gasteiger partial charge in [0.15, 0.2) is 6.54 Å². The molecule has 0 aliphatic heterocycles. The van der Waals surface area contributed by atoms with Crippen molar-refractivity contribution in [2.24, 2.45) is 5.28 Å². The second kappa shape index (κ2) is 7.30. The predicted octanol–water partition coefficient (Wildman–Crippen LogP) is 0.500. The van der Waals surface area contributed by atoms with E-state index >= 15 is 0 Å². The average molecular weight is 263 g/mol. The van der Waals surface area contributed by atoms with Gasteiger partial charge in [0.2, 0.25) is 5.28 Å². The van der Waals surface area contributed by atoms with E-state index in [0.29, 0.717) is 0 Å². The minimum Gasteiger partial charge on any atom is -0.569 e. The van der Waals surface area contributed by atoms with Crippen LogP contribution in [0.15, 0.2) is 5.28 Å². The number of nitrogens with zero attached hydrogens (tertiary/aromatic N) is 3. The molecule has 0 aromatic carbocycles. The summed E-state index contributed by atoms with van der Waals surface area (Å²) in [5.41, 5.74) is 0. The summed E-state index contributed by atoms with van der Waals surface area (Å²) in [6, 6.07) is -0.380. The number of aliphatic carboxylic acids is 1. The van der Waals surface area contributed by atoms with Crippen molar-refractivity contribution in [3.63, 3.8) is 0 Å². The van der Waals surface area contributed by atoms with Crippen LogP contribution >= 0.6 is 0 Å². The van der Waals surface area contributed by atoms with Crippen LogP contribution in [0.4, 0.5) is 0 Å². The van der Waals surface area contributed by atoms with Crippen LogP contribution in [0.3, 0.4) is 0 Å². The Morgan fingerprint density at radius 1 is 1.44 bits per heavy atom. The fraction of sp³-hybridized carbons (Fsp3) is 0.778. The first-order valence-electron chi connectivity index (χ1n) is 5.23. The van der Waals surface area contributed by atoms with Gasteiger partial charge in [-0.1, -0.05) is 0 Å². The number of carbonyl (C=O) groups is 2. The largest absolute Gasteiger partial charge is 0.569 e. The van der Waals surface area contributed by atoms with E-state index < -0.39 is 24.8 Å². The fourth-order valence-electron chi connectivity index (χ4n) is 0.988. The van der Waals surface area contributed by atoms with Gasteiger partial charge in [-0.25, -0.2) is 0 Å². The summed E-state index contributed by atoms with van der Waals surface area (Å²) in [7, 11) is 0. The van der Waals surface area contributed by atoms with Crippen LogP contribution in [0, 0.1) is 5.21 Å². The highest BCUT2D eigenvalue weighted by molar-refractivity contribution is 5.68. The summed E-state index contributed by atoms with van der Waals surface area (Å²) < 4.78 is 4.57. The lowest BCUT2D eigenvalue weighted by molar-refractivity contribution is -0.717. The molecule has 9 nitrogen and oxygen atoms in total. The maximum Gasteiger partial charge on any atom is 0.329 e. The summed E-state index contributed by atoms with van der Waals surface area (Å²) in [5, 5.41) is 24.1. The molecule has 0 amide bonds. The summed E-state index contributed by atoms with van der Waals surface area (Å²) >= 11 is 0. The van der Waals surface area contributed by atoms with Gasteiger partial charge in [-0.2, -0.15) is 0 Å². The van der Waals surface area contributed by atoms with Crippen molar-refractivity contribution in [3.8, 4) is 0 Å². The summed E-state index contributed by atoms with van der Waals surface area (Å²) in [6.45, 7) is 5.28. The van der Waals surface area contributed by atoms with Gasteiger partial charge in [0.05, 0.1) is 11.0 Å². The Balaban J connectivity index is 4.51. The number of rotatable bonds is 7. The zero-order valence-corrected chi connectivity index (χ0v) is 10.7. The molecule has 0 saturated heterocycles. The number of ether oxygens (including phenoxy) is 1. The van der Waals surface area contributed by atoms with Gasteiger partial charge < -0.3 is 15.1 Å². The lowest BCUT2D eigenvalue weighted by Gasteiger charge is -2.19. The molecule has 9 heteroatoms. The molecule has 0 rings (SSSR count). The number of carbonyl (C=O) groups excluding carboxylic acids is 1. The average Bonchev–Trinajstić information content (AvgIpc) is 2.21. The number of carboxylic acid groups (broad SMARTS) is 1. The minimum absolute atomic E-state index is 0.0127. The maximum atomic E-state index is 11.5. The number of hydrogen-bond donors (Lipinski definition) is 1. The van der Waals surface area contributed by atoms with Crippen molar-refractivity contribution in [3.05, 3.63) is 5.21 Å². The summed E-state index contributed by atoms with van der Waals surface area (Å²) in [5.74, 6) is -1.76. The molecule has 0 bridgehead atoms. The van der Waals surface area contributed by atoms with Crippen LogP contribution in [0.5, 0.6) is 0 Å². The molecule has 0 heterocycles. The van der Waals surface area contributed by atoms with Crippen molar-refractivity contribution in [1.82, 2.24) is 5.01 Å². The van der Waals surface area contributed by atoms with Crippen LogP contribution in [0.2, 0.25) is 0 Å². The van der Waals surface area contributed by atoms with Crippen LogP contribution in [0.1, 0.15) is 27.7 Å². The van der Waals surface area contributed by atoms with Gasteiger partial charge in [-0.3, -0.25) is 14.4 Å². The molecular formula is C9H17N3O6. The summed E-state index contributed by atoms with van der Waals surface area (Å²) in [4.78, 5) is 25.7. The van der Waals surface area contributed by atoms with E-state index in [2.05, 4.69) is 14.9 Å². The van der Waals surface area contributed by atoms with Gasteiger partial charge in [-0.15, -0.1) is 5.01 Å². The summed E-state index contributed by atoms with van der Waals surface area (Å²) in [6.07, 6.45) is -1.03. The monoisotopic (exact) mass is 263 g/mol. The molecule has 0 radical (unpaired) electrons. The van der Waals surface area contributed by atoms with Crippen molar-refractivity contribution in [1.29, 1.82) is 0 Å². The van der Waals surface area contributed by atoms with E-state index in [1.807, 2.05) is 0 Å². The maximum absolute atomic E-state index is 11.5. The lowest BCUT2D eigenvalue weighted by atomic mass is 10.4. The molecule has 0 saturated carbocycles. The van der Waals surface area contributed by atoms with Crippen molar-refractivity contribution < 1.29 is 29.2 Å². The molecule has 0 aliphatic rings. The van der Waals surface area contributed by atoms with Crippen molar-refractivity contribution in [2.75, 3.05) is 6.54 Å². The van der Waals surface area contributed by atoms with Gasteiger partial charge in [0.1, 0.15) is 0 Å². The van der Waals surface area contributed by atoms with E-state index in [9.17, 15) is 14.8 Å². The van der Waals surface area contributed by atoms with Crippen LogP contribution in [-0.2, 0) is 19.2 Å². The normalized spacial score (nSPS) is 13.1. The molecule has 1 atom stereocenters. The molecule has 18 heavy (non-hydrogen) atoms. The molecule has 0 aromatic rings. The minimum atomic E-state index is -1.17. The highest BCUT2D eigenvalue weighted by Gasteiger charge is 2.21. The Morgan fingerprint density at radius 2 is 2.00 bits per heavy atom. The number of esters is 1. The first-order valence-corrected chi connectivity index (χ1v) is 5.23. The number of hydrazine groups is 1. The quantitative estimate of drug-likeness (QED) is 0.234. The fourth-order valence-corrected chi connectivity index (χ4v) is 0.988.